The molecule has 0 radical (unpaired) electrons. The Balaban J connectivity index is 0.00000150. The van der Waals surface area contributed by atoms with Gasteiger partial charge in [-0.15, -0.1) is 24.8 Å². The molecule has 0 spiro atoms. The first kappa shape index (κ1) is 23.9. The lowest BCUT2D eigenvalue weighted by Gasteiger charge is -2.27. The average Bonchev–Trinajstić information content (AvgIpc) is 3.33. The number of hydrogen-bond acceptors (Lipinski definition) is 7. The third-order valence-electron chi connectivity index (χ3n) is 5.84. The molecule has 2 aliphatic carbocycles. The van der Waals surface area contributed by atoms with E-state index in [-0.39, 0.29) is 24.8 Å². The van der Waals surface area contributed by atoms with Crippen molar-refractivity contribution in [3.8, 4) is 0 Å². The minimum Gasteiger partial charge on any atom is -0.383 e. The zero-order chi connectivity index (χ0) is 18.6. The minimum atomic E-state index is 0. The van der Waals surface area contributed by atoms with Gasteiger partial charge in [-0.05, 0) is 38.5 Å². The van der Waals surface area contributed by atoms with E-state index in [0.29, 0.717) is 37.2 Å². The van der Waals surface area contributed by atoms with Crippen LogP contribution in [0.4, 0.5) is 11.8 Å². The van der Waals surface area contributed by atoms with E-state index in [1.807, 2.05) is 6.33 Å². The molecule has 2 aliphatic rings. The number of nitrogens with zero attached hydrogens (tertiary/aromatic N) is 4. The number of halogens is 2. The number of methoxy groups -OCH3 is 1. The zero-order valence-corrected chi connectivity index (χ0v) is 18.6. The Morgan fingerprint density at radius 3 is 2.52 bits per heavy atom. The fourth-order valence-electron chi connectivity index (χ4n) is 4.27. The Kier molecular flexibility index (Phi) is 9.20. The standard InChI is InChI=1S/C19H31N7O.2ClH/c1-27-11-10-21-17-16-18(26(12-22-16)15-4-2-3-5-15)25-19(24-17)23-14-8-6-13(20)7-9-14;;/h12-15H,2-11,20H2,1H3,(H2,21,23,24,25);2*1H/t13-,14-;;. The highest BCUT2D eigenvalue weighted by Crippen LogP contribution is 2.33. The lowest BCUT2D eigenvalue weighted by Crippen LogP contribution is -2.33. The predicted molar refractivity (Wildman–Crippen MR) is 122 cm³/mol. The largest absolute Gasteiger partial charge is 0.383 e. The van der Waals surface area contributed by atoms with Crippen LogP contribution in [0.15, 0.2) is 6.33 Å². The van der Waals surface area contributed by atoms with Crippen LogP contribution < -0.4 is 16.4 Å². The molecule has 0 bridgehead atoms. The van der Waals surface area contributed by atoms with Gasteiger partial charge in [-0.1, -0.05) is 12.8 Å². The van der Waals surface area contributed by atoms with Crippen molar-refractivity contribution in [2.24, 2.45) is 5.73 Å². The molecule has 2 saturated carbocycles. The number of ether oxygens (including phenoxy) is 1. The van der Waals surface area contributed by atoms with E-state index in [1.54, 1.807) is 7.11 Å². The Morgan fingerprint density at radius 1 is 1.10 bits per heavy atom. The molecule has 2 aromatic heterocycles. The summed E-state index contributed by atoms with van der Waals surface area (Å²) in [6.07, 6.45) is 11.1. The third-order valence-corrected chi connectivity index (χ3v) is 5.84. The number of fused-ring (bicyclic) bond motifs is 1. The van der Waals surface area contributed by atoms with E-state index in [4.69, 9.17) is 20.4 Å². The van der Waals surface area contributed by atoms with Gasteiger partial charge in [-0.25, -0.2) is 4.98 Å². The quantitative estimate of drug-likeness (QED) is 0.559. The molecule has 10 heteroatoms. The molecule has 0 aliphatic heterocycles. The molecular formula is C19H33Cl2N7O. The fourth-order valence-corrected chi connectivity index (χ4v) is 4.27. The van der Waals surface area contributed by atoms with E-state index in [1.165, 1.54) is 25.7 Å². The fraction of sp³-hybridized carbons (Fsp3) is 0.737. The first-order valence-corrected chi connectivity index (χ1v) is 10.2. The molecule has 164 valence electrons. The molecule has 0 atom stereocenters. The third kappa shape index (κ3) is 5.63. The van der Waals surface area contributed by atoms with Crippen LogP contribution in [0.1, 0.15) is 57.4 Å². The second kappa shape index (κ2) is 11.2. The Labute approximate surface area is 184 Å². The molecule has 0 amide bonds. The second-order valence-corrected chi connectivity index (χ2v) is 7.83. The van der Waals surface area contributed by atoms with Crippen LogP contribution in [0, 0.1) is 0 Å². The molecule has 2 aromatic rings. The molecule has 0 unspecified atom stereocenters. The molecule has 29 heavy (non-hydrogen) atoms. The van der Waals surface area contributed by atoms with Gasteiger partial charge < -0.3 is 25.7 Å². The maximum Gasteiger partial charge on any atom is 0.227 e. The molecule has 0 aromatic carbocycles. The van der Waals surface area contributed by atoms with Gasteiger partial charge in [0.2, 0.25) is 5.95 Å². The van der Waals surface area contributed by atoms with E-state index < -0.39 is 0 Å². The van der Waals surface area contributed by atoms with Gasteiger partial charge in [0.25, 0.3) is 0 Å². The van der Waals surface area contributed by atoms with E-state index in [0.717, 1.165) is 42.7 Å². The number of rotatable bonds is 7. The summed E-state index contributed by atoms with van der Waals surface area (Å²) in [6.45, 7) is 1.31. The van der Waals surface area contributed by atoms with Crippen LogP contribution in [-0.2, 0) is 4.74 Å². The zero-order valence-electron chi connectivity index (χ0n) is 17.0. The monoisotopic (exact) mass is 445 g/mol. The van der Waals surface area contributed by atoms with Crippen molar-refractivity contribution in [3.63, 3.8) is 0 Å². The lowest BCUT2D eigenvalue weighted by atomic mass is 9.92. The normalized spacial score (nSPS) is 22.1. The summed E-state index contributed by atoms with van der Waals surface area (Å²) >= 11 is 0. The van der Waals surface area contributed by atoms with Crippen molar-refractivity contribution in [1.82, 2.24) is 19.5 Å². The van der Waals surface area contributed by atoms with Crippen LogP contribution >= 0.6 is 24.8 Å². The van der Waals surface area contributed by atoms with Gasteiger partial charge in [-0.3, -0.25) is 0 Å². The summed E-state index contributed by atoms with van der Waals surface area (Å²) in [5, 5.41) is 6.91. The van der Waals surface area contributed by atoms with E-state index in [2.05, 4.69) is 20.2 Å². The van der Waals surface area contributed by atoms with Gasteiger partial charge >= 0.3 is 0 Å². The van der Waals surface area contributed by atoms with Gasteiger partial charge in [-0.2, -0.15) is 9.97 Å². The molecule has 8 nitrogen and oxygen atoms in total. The van der Waals surface area contributed by atoms with Gasteiger partial charge in [0, 0.05) is 31.8 Å². The summed E-state index contributed by atoms with van der Waals surface area (Å²) in [5.41, 5.74) is 7.81. The topological polar surface area (TPSA) is 103 Å². The maximum absolute atomic E-state index is 6.04. The number of aromatic nitrogens is 4. The molecule has 4 rings (SSSR count). The van der Waals surface area contributed by atoms with Gasteiger partial charge in [0.15, 0.2) is 17.0 Å². The van der Waals surface area contributed by atoms with Gasteiger partial charge in [0.05, 0.1) is 12.9 Å². The van der Waals surface area contributed by atoms with Crippen LogP contribution in [0.25, 0.3) is 11.2 Å². The molecule has 4 N–H and O–H groups in total. The van der Waals surface area contributed by atoms with Crippen molar-refractivity contribution >= 4 is 47.7 Å². The smallest absolute Gasteiger partial charge is 0.227 e. The van der Waals surface area contributed by atoms with Crippen LogP contribution in [0.3, 0.4) is 0 Å². The van der Waals surface area contributed by atoms with E-state index in [9.17, 15) is 0 Å². The first-order chi connectivity index (χ1) is 13.2. The van der Waals surface area contributed by atoms with E-state index >= 15 is 0 Å². The van der Waals surface area contributed by atoms with Crippen molar-refractivity contribution in [1.29, 1.82) is 0 Å². The lowest BCUT2D eigenvalue weighted by molar-refractivity contribution is 0.210. The van der Waals surface area contributed by atoms with Crippen LogP contribution in [-0.4, -0.2) is 51.9 Å². The summed E-state index contributed by atoms with van der Waals surface area (Å²) < 4.78 is 7.41. The van der Waals surface area contributed by atoms with Crippen molar-refractivity contribution in [2.45, 2.75) is 69.5 Å². The number of nitrogens with two attached hydrogens (primary N) is 1. The van der Waals surface area contributed by atoms with Crippen LogP contribution in [0.2, 0.25) is 0 Å². The summed E-state index contributed by atoms with van der Waals surface area (Å²) in [6, 6.07) is 1.22. The van der Waals surface area contributed by atoms with Crippen molar-refractivity contribution in [2.75, 3.05) is 30.9 Å². The summed E-state index contributed by atoms with van der Waals surface area (Å²) in [7, 11) is 1.70. The Morgan fingerprint density at radius 2 is 1.83 bits per heavy atom. The highest BCUT2D eigenvalue weighted by molar-refractivity contribution is 5.86. The number of nitrogens with one attached hydrogen (secondary N) is 2. The highest BCUT2D eigenvalue weighted by atomic mass is 35.5. The highest BCUT2D eigenvalue weighted by Gasteiger charge is 2.23. The van der Waals surface area contributed by atoms with Crippen LogP contribution in [0.5, 0.6) is 0 Å². The molecule has 2 fully saturated rings. The summed E-state index contributed by atoms with van der Waals surface area (Å²) in [4.78, 5) is 14.2. The number of anilines is 2. The predicted octanol–water partition coefficient (Wildman–Crippen LogP) is 3.53. The Bertz CT molecular complexity index is 758. The number of imidazole rings is 1. The molecule has 0 saturated heterocycles. The maximum atomic E-state index is 6.04. The second-order valence-electron chi connectivity index (χ2n) is 7.83. The molecular weight excluding hydrogens is 413 g/mol. The molecule has 2 heterocycles. The number of hydrogen-bond donors (Lipinski definition) is 3. The summed E-state index contributed by atoms with van der Waals surface area (Å²) in [5.74, 6) is 1.46. The van der Waals surface area contributed by atoms with Gasteiger partial charge in [0.1, 0.15) is 0 Å². The minimum absolute atomic E-state index is 0. The Hall–Kier alpha value is -1.35. The first-order valence-electron chi connectivity index (χ1n) is 10.2. The van der Waals surface area contributed by atoms with Crippen molar-refractivity contribution in [3.05, 3.63) is 6.33 Å². The average molecular weight is 446 g/mol. The SMILES string of the molecule is COCCNc1nc(N[C@H]2CC[C@H](N)CC2)nc2c1ncn2C1CCCC1.Cl.Cl. The van der Waals surface area contributed by atoms with Crippen molar-refractivity contribution < 1.29 is 4.74 Å².